The predicted octanol–water partition coefficient (Wildman–Crippen LogP) is 5.52. The van der Waals surface area contributed by atoms with Crippen molar-refractivity contribution >= 4 is 22.5 Å². The number of aromatic nitrogens is 1. The standard InChI is InChI=1S/C37H47NO6/c1-32(2,41)31-25(39)17-22-26(43-31)12-13-35(7)36(8)18(11-14-37(22,35)42)15-21-27-20-16-23-28(34(5,6)44-33(23,3)4)29(40)19(20)9-10-24(27)38-30(21)36/h9-10,17-18,23,26,28,31,38,41-42H,11-16H2,1-8H3/t18-,23?,26?,28?,31-,35+,36+,37+/m0/s1. The van der Waals surface area contributed by atoms with Crippen molar-refractivity contribution in [2.24, 2.45) is 23.2 Å². The number of rotatable bonds is 1. The number of fused-ring (bicyclic) bond motifs is 12. The quantitative estimate of drug-likeness (QED) is 0.398. The van der Waals surface area contributed by atoms with Crippen molar-refractivity contribution in [2.45, 2.75) is 134 Å². The van der Waals surface area contributed by atoms with Gasteiger partial charge in [0.25, 0.3) is 0 Å². The molecule has 0 radical (unpaired) electrons. The van der Waals surface area contributed by atoms with Crippen LogP contribution in [-0.2, 0) is 32.5 Å². The van der Waals surface area contributed by atoms with Crippen molar-refractivity contribution in [1.82, 2.24) is 4.98 Å². The summed E-state index contributed by atoms with van der Waals surface area (Å²) in [4.78, 5) is 31.2. The molecule has 3 unspecified atom stereocenters. The number of benzene rings is 1. The maximum Gasteiger partial charge on any atom is 0.187 e. The van der Waals surface area contributed by atoms with Crippen LogP contribution in [0, 0.1) is 23.2 Å². The molecule has 3 fully saturated rings. The fraction of sp³-hybridized carbons (Fsp3) is 0.676. The fourth-order valence-electron chi connectivity index (χ4n) is 11.4. The molecule has 1 aromatic carbocycles. The van der Waals surface area contributed by atoms with Crippen LogP contribution in [0.15, 0.2) is 23.8 Å². The zero-order chi connectivity index (χ0) is 31.6. The van der Waals surface area contributed by atoms with Crippen molar-refractivity contribution in [1.29, 1.82) is 0 Å². The summed E-state index contributed by atoms with van der Waals surface area (Å²) < 4.78 is 12.8. The van der Waals surface area contributed by atoms with Gasteiger partial charge in [0.2, 0.25) is 0 Å². The summed E-state index contributed by atoms with van der Waals surface area (Å²) >= 11 is 0. The van der Waals surface area contributed by atoms with Crippen LogP contribution in [0.2, 0.25) is 0 Å². The van der Waals surface area contributed by atoms with E-state index in [0.717, 1.165) is 42.3 Å². The van der Waals surface area contributed by atoms with Crippen LogP contribution in [0.4, 0.5) is 0 Å². The highest BCUT2D eigenvalue weighted by atomic mass is 16.5. The van der Waals surface area contributed by atoms with E-state index in [1.165, 1.54) is 16.6 Å². The number of aromatic amines is 1. The number of aliphatic hydroxyl groups is 2. The van der Waals surface area contributed by atoms with Crippen molar-refractivity contribution in [3.63, 3.8) is 0 Å². The third-order valence-electron chi connectivity index (χ3n) is 13.6. The first kappa shape index (κ1) is 29.1. The van der Waals surface area contributed by atoms with Gasteiger partial charge in [0.15, 0.2) is 11.6 Å². The third-order valence-corrected chi connectivity index (χ3v) is 13.6. The molecular weight excluding hydrogens is 554 g/mol. The van der Waals surface area contributed by atoms with Crippen LogP contribution in [0.25, 0.3) is 10.9 Å². The molecule has 0 bridgehead atoms. The summed E-state index contributed by atoms with van der Waals surface area (Å²) in [7, 11) is 0. The number of H-pyrrole nitrogens is 1. The Bertz CT molecular complexity index is 1690. The molecule has 3 heterocycles. The molecule has 7 nitrogen and oxygen atoms in total. The first-order chi connectivity index (χ1) is 20.3. The van der Waals surface area contributed by atoms with E-state index >= 15 is 0 Å². The van der Waals surface area contributed by atoms with Gasteiger partial charge in [-0.25, -0.2) is 0 Å². The Kier molecular flexibility index (Phi) is 5.51. The summed E-state index contributed by atoms with van der Waals surface area (Å²) in [6.45, 7) is 16.1. The Hall–Kier alpha value is -2.32. The van der Waals surface area contributed by atoms with E-state index in [9.17, 15) is 19.8 Å². The van der Waals surface area contributed by atoms with Crippen LogP contribution < -0.4 is 0 Å². The van der Waals surface area contributed by atoms with Crippen LogP contribution in [0.1, 0.15) is 108 Å². The summed E-state index contributed by atoms with van der Waals surface area (Å²) in [5.74, 6) is 0.192. The normalized spacial score (nSPS) is 41.8. The monoisotopic (exact) mass is 601 g/mol. The molecule has 3 N–H and O–H groups in total. The zero-order valence-corrected chi connectivity index (χ0v) is 27.4. The average molecular weight is 602 g/mol. The Morgan fingerprint density at radius 1 is 0.955 bits per heavy atom. The highest BCUT2D eigenvalue weighted by molar-refractivity contribution is 6.06. The number of hydrogen-bond donors (Lipinski definition) is 3. The first-order valence-electron chi connectivity index (χ1n) is 16.6. The lowest BCUT2D eigenvalue weighted by Gasteiger charge is -2.64. The molecule has 6 aliphatic rings. The minimum atomic E-state index is -1.30. The number of hydrogen-bond acceptors (Lipinski definition) is 6. The third kappa shape index (κ3) is 3.27. The molecule has 7 heteroatoms. The Balaban J connectivity index is 1.26. The summed E-state index contributed by atoms with van der Waals surface area (Å²) in [6.07, 6.45) is 4.80. The van der Waals surface area contributed by atoms with E-state index in [1.807, 2.05) is 6.07 Å². The van der Waals surface area contributed by atoms with E-state index in [4.69, 9.17) is 9.47 Å². The van der Waals surface area contributed by atoms with Crippen LogP contribution in [0.3, 0.4) is 0 Å². The predicted molar refractivity (Wildman–Crippen MR) is 167 cm³/mol. The van der Waals surface area contributed by atoms with Gasteiger partial charge < -0.3 is 24.7 Å². The van der Waals surface area contributed by atoms with Gasteiger partial charge in [-0.05, 0) is 121 Å². The maximum atomic E-state index is 14.1. The summed E-state index contributed by atoms with van der Waals surface area (Å²) in [5.41, 5.74) is 1.87. The zero-order valence-electron chi connectivity index (χ0n) is 27.4. The van der Waals surface area contributed by atoms with E-state index in [2.05, 4.69) is 52.6 Å². The van der Waals surface area contributed by atoms with Gasteiger partial charge >= 0.3 is 0 Å². The average Bonchev–Trinajstić information content (AvgIpc) is 3.49. The van der Waals surface area contributed by atoms with Crippen LogP contribution >= 0.6 is 0 Å². The van der Waals surface area contributed by atoms with Crippen molar-refractivity contribution in [2.75, 3.05) is 0 Å². The molecule has 8 rings (SSSR count). The van der Waals surface area contributed by atoms with Crippen LogP contribution in [-0.4, -0.2) is 61.4 Å². The van der Waals surface area contributed by atoms with E-state index < -0.39 is 40.0 Å². The molecule has 44 heavy (non-hydrogen) atoms. The molecule has 8 atom stereocenters. The van der Waals surface area contributed by atoms with Crippen molar-refractivity contribution in [3.8, 4) is 0 Å². The molecule has 2 aromatic rings. The second kappa shape index (κ2) is 8.33. The second-order valence-corrected chi connectivity index (χ2v) is 17.0. The Labute approximate surface area is 259 Å². The molecule has 4 aliphatic carbocycles. The fourth-order valence-corrected chi connectivity index (χ4v) is 11.4. The van der Waals surface area contributed by atoms with Crippen LogP contribution in [0.5, 0.6) is 0 Å². The number of Topliss-reactive ketones (excluding diaryl/α,β-unsaturated/α-hetero) is 1. The topological polar surface area (TPSA) is 109 Å². The molecule has 1 saturated heterocycles. The summed E-state index contributed by atoms with van der Waals surface area (Å²) in [5, 5.41) is 24.6. The molecule has 2 saturated carbocycles. The van der Waals surface area contributed by atoms with Gasteiger partial charge in [-0.3, -0.25) is 9.59 Å². The SMILES string of the molecule is CC1(C)OC(C)(C)C2C(=O)c3ccc4[nH]c5c(c4c3CC21)C[C@@H]1CC[C@@]2(O)C3=CC(=O)[C@@H](C(C)(C)O)OC3CC[C@]2(C)[C@@]51C. The highest BCUT2D eigenvalue weighted by Gasteiger charge is 2.70. The van der Waals surface area contributed by atoms with Gasteiger partial charge in [0.1, 0.15) is 6.10 Å². The smallest absolute Gasteiger partial charge is 0.187 e. The largest absolute Gasteiger partial charge is 0.387 e. The molecule has 0 amide bonds. The number of nitrogens with one attached hydrogen (secondary N) is 1. The van der Waals surface area contributed by atoms with Crippen molar-refractivity contribution in [3.05, 3.63) is 46.2 Å². The van der Waals surface area contributed by atoms with E-state index in [0.29, 0.717) is 24.3 Å². The Morgan fingerprint density at radius 3 is 2.39 bits per heavy atom. The number of carbonyl (C=O) groups excluding carboxylic acids is 2. The number of ether oxygens (including phenoxy) is 2. The molecule has 0 spiro atoms. The summed E-state index contributed by atoms with van der Waals surface area (Å²) in [6, 6.07) is 4.10. The lowest BCUT2D eigenvalue weighted by molar-refractivity contribution is -0.195. The first-order valence-corrected chi connectivity index (χ1v) is 16.6. The minimum Gasteiger partial charge on any atom is -0.387 e. The lowest BCUT2D eigenvalue weighted by atomic mass is 9.42. The van der Waals surface area contributed by atoms with Gasteiger partial charge in [-0.1, -0.05) is 13.8 Å². The van der Waals surface area contributed by atoms with Gasteiger partial charge in [-0.15, -0.1) is 0 Å². The molecule has 236 valence electrons. The van der Waals surface area contributed by atoms with E-state index in [-0.39, 0.29) is 28.8 Å². The molecule has 2 aliphatic heterocycles. The highest BCUT2D eigenvalue weighted by Crippen LogP contribution is 2.69. The van der Waals surface area contributed by atoms with Gasteiger partial charge in [-0.2, -0.15) is 0 Å². The lowest BCUT2D eigenvalue weighted by Crippen LogP contribution is -2.68. The van der Waals surface area contributed by atoms with E-state index in [1.54, 1.807) is 19.9 Å². The molecular formula is C37H47NO6. The van der Waals surface area contributed by atoms with Gasteiger partial charge in [0.05, 0.1) is 34.4 Å². The second-order valence-electron chi connectivity index (χ2n) is 17.0. The number of carbonyl (C=O) groups is 2. The van der Waals surface area contributed by atoms with Gasteiger partial charge in [0, 0.05) is 38.9 Å². The Morgan fingerprint density at radius 2 is 1.68 bits per heavy atom. The maximum absolute atomic E-state index is 14.1. The van der Waals surface area contributed by atoms with Crippen molar-refractivity contribution < 1.29 is 29.3 Å². The minimum absolute atomic E-state index is 0.106. The number of ketones is 2. The molecule has 1 aromatic heterocycles.